The minimum atomic E-state index is 0.498. The highest BCUT2D eigenvalue weighted by atomic mass is 15.1. The van der Waals surface area contributed by atoms with Gasteiger partial charge in [-0.25, -0.2) is 0 Å². The molecule has 0 aromatic heterocycles. The molecule has 1 fully saturated rings. The van der Waals surface area contributed by atoms with Gasteiger partial charge in [0.05, 0.1) is 0 Å². The lowest BCUT2D eigenvalue weighted by Crippen LogP contribution is -2.26. The number of likely N-dealkylation sites (tertiary alicyclic amines) is 1. The molecule has 20 heavy (non-hydrogen) atoms. The molecular formula is C19H21N. The van der Waals surface area contributed by atoms with Crippen LogP contribution in [0.5, 0.6) is 0 Å². The summed E-state index contributed by atoms with van der Waals surface area (Å²) in [4.78, 5) is 2.46. The molecule has 1 saturated heterocycles. The van der Waals surface area contributed by atoms with Crippen molar-refractivity contribution in [2.45, 2.75) is 18.4 Å². The summed E-state index contributed by atoms with van der Waals surface area (Å²) in [6.07, 6.45) is 5.85. The molecule has 0 saturated carbocycles. The van der Waals surface area contributed by atoms with Gasteiger partial charge in [0.15, 0.2) is 0 Å². The molecule has 2 aromatic rings. The van der Waals surface area contributed by atoms with Crippen LogP contribution in [-0.4, -0.2) is 24.5 Å². The minimum Gasteiger partial charge on any atom is -0.299 e. The number of likely N-dealkylation sites (N-methyl/N-ethyl adjacent to an activating group) is 1. The first-order valence-electron chi connectivity index (χ1n) is 7.33. The summed E-state index contributed by atoms with van der Waals surface area (Å²) in [6.45, 7) is 1.17. The number of benzene rings is 2. The van der Waals surface area contributed by atoms with Crippen LogP contribution >= 0.6 is 0 Å². The lowest BCUT2D eigenvalue weighted by molar-refractivity contribution is 0.347. The summed E-state index contributed by atoms with van der Waals surface area (Å²) in [5.74, 6) is 0.612. The highest BCUT2D eigenvalue weighted by molar-refractivity contribution is 5.50. The van der Waals surface area contributed by atoms with Crippen LogP contribution < -0.4 is 0 Å². The van der Waals surface area contributed by atoms with Crippen molar-refractivity contribution >= 4 is 6.08 Å². The van der Waals surface area contributed by atoms with Crippen LogP contribution in [-0.2, 0) is 0 Å². The first-order chi connectivity index (χ1) is 9.84. The quantitative estimate of drug-likeness (QED) is 0.802. The molecule has 0 amide bonds. The molecular weight excluding hydrogens is 242 g/mol. The van der Waals surface area contributed by atoms with Gasteiger partial charge in [-0.2, -0.15) is 0 Å². The van der Waals surface area contributed by atoms with Crippen LogP contribution in [0, 0.1) is 0 Å². The molecule has 2 atom stereocenters. The minimum absolute atomic E-state index is 0.498. The average Bonchev–Trinajstić information content (AvgIpc) is 2.88. The van der Waals surface area contributed by atoms with Gasteiger partial charge >= 0.3 is 0 Å². The fraction of sp³-hybridized carbons (Fsp3) is 0.263. The summed E-state index contributed by atoms with van der Waals surface area (Å²) in [5, 5.41) is 0. The van der Waals surface area contributed by atoms with Crippen LogP contribution in [0.4, 0.5) is 0 Å². The maximum absolute atomic E-state index is 2.46. The van der Waals surface area contributed by atoms with Crippen LogP contribution in [0.3, 0.4) is 0 Å². The lowest BCUT2D eigenvalue weighted by atomic mass is 9.91. The molecule has 0 bridgehead atoms. The molecule has 3 rings (SSSR count). The summed E-state index contributed by atoms with van der Waals surface area (Å²) >= 11 is 0. The second-order valence-electron chi connectivity index (χ2n) is 5.55. The third-order valence-corrected chi connectivity index (χ3v) is 4.23. The van der Waals surface area contributed by atoms with Gasteiger partial charge in [-0.3, -0.25) is 4.90 Å². The molecule has 0 radical (unpaired) electrons. The van der Waals surface area contributed by atoms with Crippen LogP contribution in [0.1, 0.15) is 23.5 Å². The van der Waals surface area contributed by atoms with E-state index in [0.29, 0.717) is 12.0 Å². The molecule has 1 aliphatic heterocycles. The number of rotatable bonds is 3. The molecule has 1 heterocycles. The van der Waals surface area contributed by atoms with Crippen molar-refractivity contribution in [3.8, 4) is 0 Å². The van der Waals surface area contributed by atoms with Crippen molar-refractivity contribution in [3.63, 3.8) is 0 Å². The van der Waals surface area contributed by atoms with Crippen molar-refractivity contribution in [1.82, 2.24) is 4.90 Å². The zero-order valence-electron chi connectivity index (χ0n) is 11.9. The predicted octanol–water partition coefficient (Wildman–Crippen LogP) is 4.19. The van der Waals surface area contributed by atoms with Crippen molar-refractivity contribution in [2.24, 2.45) is 0 Å². The fourth-order valence-electron chi connectivity index (χ4n) is 3.09. The molecule has 2 aromatic carbocycles. The summed E-state index contributed by atoms with van der Waals surface area (Å²) in [5.41, 5.74) is 2.74. The first kappa shape index (κ1) is 13.1. The molecule has 102 valence electrons. The van der Waals surface area contributed by atoms with E-state index >= 15 is 0 Å². The van der Waals surface area contributed by atoms with Crippen LogP contribution in [0.2, 0.25) is 0 Å². The van der Waals surface area contributed by atoms with Gasteiger partial charge in [0.2, 0.25) is 0 Å². The SMILES string of the molecule is CN1CC[C@@H](c2ccccc2)[C@H]1/C=C/c1ccccc1. The predicted molar refractivity (Wildman–Crippen MR) is 85.7 cm³/mol. The molecule has 0 unspecified atom stereocenters. The van der Waals surface area contributed by atoms with Crippen molar-refractivity contribution < 1.29 is 0 Å². The summed E-state index contributed by atoms with van der Waals surface area (Å²) in [7, 11) is 2.23. The third kappa shape index (κ3) is 2.83. The van der Waals surface area contributed by atoms with Crippen LogP contribution in [0.15, 0.2) is 66.7 Å². The Morgan fingerprint density at radius 3 is 2.30 bits per heavy atom. The van der Waals surface area contributed by atoms with E-state index in [9.17, 15) is 0 Å². The van der Waals surface area contributed by atoms with Gasteiger partial charge in [0.25, 0.3) is 0 Å². The lowest BCUT2D eigenvalue weighted by Gasteiger charge is -2.22. The maximum Gasteiger partial charge on any atom is 0.0347 e. The Morgan fingerprint density at radius 1 is 0.950 bits per heavy atom. The van der Waals surface area contributed by atoms with Crippen LogP contribution in [0.25, 0.3) is 6.08 Å². The molecule has 0 spiro atoms. The topological polar surface area (TPSA) is 3.24 Å². The van der Waals surface area contributed by atoms with Crippen molar-refractivity contribution in [2.75, 3.05) is 13.6 Å². The van der Waals surface area contributed by atoms with Gasteiger partial charge in [0, 0.05) is 12.0 Å². The van der Waals surface area contributed by atoms with E-state index in [2.05, 4.69) is 84.8 Å². The number of nitrogens with zero attached hydrogens (tertiary/aromatic N) is 1. The highest BCUT2D eigenvalue weighted by Gasteiger charge is 2.30. The van der Waals surface area contributed by atoms with Gasteiger partial charge in [-0.05, 0) is 31.1 Å². The zero-order chi connectivity index (χ0) is 13.8. The van der Waals surface area contributed by atoms with Crippen molar-refractivity contribution in [1.29, 1.82) is 0 Å². The molecule has 0 N–H and O–H groups in total. The standard InChI is InChI=1S/C19H21N/c1-20-15-14-18(17-10-6-3-7-11-17)19(20)13-12-16-8-4-2-5-9-16/h2-13,18-19H,14-15H2,1H3/b13-12+/t18-,19+/m0/s1. The van der Waals surface area contributed by atoms with E-state index in [1.807, 2.05) is 0 Å². The monoisotopic (exact) mass is 263 g/mol. The smallest absolute Gasteiger partial charge is 0.0347 e. The largest absolute Gasteiger partial charge is 0.299 e. The Bertz CT molecular complexity index is 559. The normalized spacial score (nSPS) is 23.4. The number of hydrogen-bond donors (Lipinski definition) is 0. The van der Waals surface area contributed by atoms with E-state index in [1.54, 1.807) is 0 Å². The fourth-order valence-corrected chi connectivity index (χ4v) is 3.09. The first-order valence-corrected chi connectivity index (χ1v) is 7.33. The Balaban J connectivity index is 1.81. The highest BCUT2D eigenvalue weighted by Crippen LogP contribution is 2.33. The second-order valence-corrected chi connectivity index (χ2v) is 5.55. The summed E-state index contributed by atoms with van der Waals surface area (Å²) in [6, 6.07) is 21.9. The Hall–Kier alpha value is -1.86. The molecule has 1 nitrogen and oxygen atoms in total. The van der Waals surface area contributed by atoms with E-state index in [-0.39, 0.29) is 0 Å². The Morgan fingerprint density at radius 2 is 1.60 bits per heavy atom. The van der Waals surface area contributed by atoms with E-state index in [4.69, 9.17) is 0 Å². The van der Waals surface area contributed by atoms with Gasteiger partial charge in [0.1, 0.15) is 0 Å². The van der Waals surface area contributed by atoms with Gasteiger partial charge in [-0.1, -0.05) is 72.8 Å². The Labute approximate surface area is 121 Å². The molecule has 0 aliphatic carbocycles. The molecule has 1 heteroatoms. The van der Waals surface area contributed by atoms with E-state index < -0.39 is 0 Å². The molecule has 1 aliphatic rings. The third-order valence-electron chi connectivity index (χ3n) is 4.23. The zero-order valence-corrected chi connectivity index (χ0v) is 11.9. The van der Waals surface area contributed by atoms with E-state index in [0.717, 1.165) is 0 Å². The summed E-state index contributed by atoms with van der Waals surface area (Å²) < 4.78 is 0. The maximum atomic E-state index is 2.46. The van der Waals surface area contributed by atoms with Gasteiger partial charge < -0.3 is 0 Å². The Kier molecular flexibility index (Phi) is 3.98. The van der Waals surface area contributed by atoms with E-state index in [1.165, 1.54) is 24.1 Å². The van der Waals surface area contributed by atoms with Crippen molar-refractivity contribution in [3.05, 3.63) is 77.9 Å². The second kappa shape index (κ2) is 6.06. The number of hydrogen-bond acceptors (Lipinski definition) is 1. The average molecular weight is 263 g/mol. The van der Waals surface area contributed by atoms with Gasteiger partial charge in [-0.15, -0.1) is 0 Å².